The molecular weight excluding hydrogens is 382 g/mol. The van der Waals surface area contributed by atoms with Gasteiger partial charge < -0.3 is 11.2 Å². The van der Waals surface area contributed by atoms with Gasteiger partial charge in [-0.25, -0.2) is 4.57 Å². The smallest absolute Gasteiger partial charge is 1.00 e. The van der Waals surface area contributed by atoms with E-state index in [1.807, 2.05) is 0 Å². The van der Waals surface area contributed by atoms with Gasteiger partial charge in [0.2, 0.25) is 0 Å². The molecule has 0 unspecified atom stereocenters. The van der Waals surface area contributed by atoms with Crippen molar-refractivity contribution >= 4 is 7.82 Å². The fraction of sp³-hybridized carbons (Fsp3) is 1.00. The maximum absolute atomic E-state index is 10.5. The minimum Gasteiger partial charge on any atom is -1.00 e. The Balaban J connectivity index is -0.00000338. The summed E-state index contributed by atoms with van der Waals surface area (Å²) < 4.78 is 14.9. The second-order valence-electron chi connectivity index (χ2n) is 8.04. The summed E-state index contributed by atoms with van der Waals surface area (Å²) in [6.07, 6.45) is 26.5. The van der Waals surface area contributed by atoms with Crippen LogP contribution < -0.4 is 29.6 Å². The van der Waals surface area contributed by atoms with Gasteiger partial charge in [0.1, 0.15) is 0 Å². The summed E-state index contributed by atoms with van der Waals surface area (Å²) in [5.41, 5.74) is 0. The van der Waals surface area contributed by atoms with Crippen molar-refractivity contribution in [1.29, 1.82) is 0 Å². The standard InChI is InChI=1S/C22H47O4P.Na.H/c1-2-3-4-5-6-7-8-9-10-11-12-13-14-15-16-17-18-19-20-21-22-26-27(23,24)25;;/h2-22H2,1H3,(H2,23,24,25);;/q;+1;-1. The molecule has 0 aliphatic heterocycles. The Hall–Kier alpha value is 1.11. The van der Waals surface area contributed by atoms with Crippen LogP contribution in [0.15, 0.2) is 0 Å². The van der Waals surface area contributed by atoms with Crippen LogP contribution in [0, 0.1) is 0 Å². The maximum Gasteiger partial charge on any atom is 1.00 e. The molecule has 166 valence electrons. The molecule has 0 saturated heterocycles. The van der Waals surface area contributed by atoms with E-state index < -0.39 is 7.82 Å². The van der Waals surface area contributed by atoms with E-state index in [0.717, 1.165) is 19.3 Å². The zero-order valence-corrected chi connectivity index (χ0v) is 21.9. The number of rotatable bonds is 22. The molecule has 0 heterocycles. The van der Waals surface area contributed by atoms with Gasteiger partial charge in [0.25, 0.3) is 0 Å². The van der Waals surface area contributed by atoms with Crippen LogP contribution in [0.3, 0.4) is 0 Å². The van der Waals surface area contributed by atoms with Gasteiger partial charge in [0.05, 0.1) is 6.61 Å². The van der Waals surface area contributed by atoms with Crippen molar-refractivity contribution in [1.82, 2.24) is 0 Å². The summed E-state index contributed by atoms with van der Waals surface area (Å²) in [7, 11) is -4.26. The fourth-order valence-electron chi connectivity index (χ4n) is 3.54. The van der Waals surface area contributed by atoms with Crippen molar-refractivity contribution in [3.05, 3.63) is 0 Å². The first-order valence-electron chi connectivity index (χ1n) is 11.8. The van der Waals surface area contributed by atoms with E-state index in [1.54, 1.807) is 0 Å². The molecule has 0 rings (SSSR count). The van der Waals surface area contributed by atoms with E-state index >= 15 is 0 Å². The number of hydrogen-bond acceptors (Lipinski definition) is 2. The van der Waals surface area contributed by atoms with Crippen molar-refractivity contribution in [2.75, 3.05) is 6.61 Å². The first-order chi connectivity index (χ1) is 13.1. The molecule has 0 aliphatic carbocycles. The minimum absolute atomic E-state index is 0. The van der Waals surface area contributed by atoms with Crippen LogP contribution in [-0.4, -0.2) is 16.4 Å². The van der Waals surface area contributed by atoms with E-state index in [1.165, 1.54) is 109 Å². The molecule has 0 aliphatic rings. The van der Waals surface area contributed by atoms with Gasteiger partial charge in [-0.3, -0.25) is 4.52 Å². The SMILES string of the molecule is CCCCCCCCCCCCCCCCCCCCCCOP(=O)(O)O.[H-].[Na+]. The zero-order chi connectivity index (χ0) is 20.1. The Bertz CT molecular complexity index is 343. The number of phosphoric acid groups is 1. The molecule has 0 saturated carbocycles. The predicted octanol–water partition coefficient (Wildman–Crippen LogP) is 5.03. The zero-order valence-electron chi connectivity index (χ0n) is 20.0. The third-order valence-electron chi connectivity index (χ3n) is 5.26. The van der Waals surface area contributed by atoms with Crippen molar-refractivity contribution in [3.8, 4) is 0 Å². The summed E-state index contributed by atoms with van der Waals surface area (Å²) >= 11 is 0. The first kappa shape index (κ1) is 31.3. The first-order valence-corrected chi connectivity index (χ1v) is 13.3. The molecule has 4 nitrogen and oxygen atoms in total. The van der Waals surface area contributed by atoms with Crippen LogP contribution in [0.4, 0.5) is 0 Å². The van der Waals surface area contributed by atoms with Crippen LogP contribution in [0.1, 0.15) is 137 Å². The molecule has 0 amide bonds. The second kappa shape index (κ2) is 24.4. The largest absolute Gasteiger partial charge is 1.00 e. The molecular formula is C22H48NaO4P. The van der Waals surface area contributed by atoms with Crippen molar-refractivity contribution in [2.24, 2.45) is 0 Å². The molecule has 0 radical (unpaired) electrons. The number of phosphoric ester groups is 1. The summed E-state index contributed by atoms with van der Waals surface area (Å²) in [5, 5.41) is 0. The van der Waals surface area contributed by atoms with Crippen LogP contribution in [0.5, 0.6) is 0 Å². The molecule has 2 N–H and O–H groups in total. The minimum atomic E-state index is -4.26. The Morgan fingerprint density at radius 1 is 0.571 bits per heavy atom. The molecule has 6 heteroatoms. The van der Waals surface area contributed by atoms with Gasteiger partial charge in [-0.2, -0.15) is 0 Å². The van der Waals surface area contributed by atoms with Gasteiger partial charge >= 0.3 is 37.4 Å². The molecule has 0 bridgehead atoms. The fourth-order valence-corrected chi connectivity index (χ4v) is 3.91. The quantitative estimate of drug-likeness (QED) is 0.144. The van der Waals surface area contributed by atoms with E-state index in [0.29, 0.717) is 0 Å². The predicted molar refractivity (Wildman–Crippen MR) is 117 cm³/mol. The molecule has 0 atom stereocenters. The molecule has 28 heavy (non-hydrogen) atoms. The van der Waals surface area contributed by atoms with Crippen LogP contribution in [0.25, 0.3) is 0 Å². The summed E-state index contributed by atoms with van der Waals surface area (Å²) in [6, 6.07) is 0. The van der Waals surface area contributed by atoms with E-state index in [4.69, 9.17) is 9.79 Å². The summed E-state index contributed by atoms with van der Waals surface area (Å²) in [5.74, 6) is 0. The van der Waals surface area contributed by atoms with Crippen LogP contribution in [0.2, 0.25) is 0 Å². The molecule has 0 spiro atoms. The average molecular weight is 431 g/mol. The van der Waals surface area contributed by atoms with E-state index in [-0.39, 0.29) is 37.6 Å². The van der Waals surface area contributed by atoms with Crippen molar-refractivity contribution < 1.29 is 49.9 Å². The Morgan fingerprint density at radius 2 is 0.821 bits per heavy atom. The molecule has 0 fully saturated rings. The van der Waals surface area contributed by atoms with Gasteiger partial charge in [0.15, 0.2) is 0 Å². The molecule has 0 aromatic rings. The third kappa shape index (κ3) is 29.3. The molecule has 0 aromatic carbocycles. The maximum atomic E-state index is 10.5. The Morgan fingerprint density at radius 3 is 1.07 bits per heavy atom. The van der Waals surface area contributed by atoms with Crippen molar-refractivity contribution in [3.63, 3.8) is 0 Å². The Labute approximate surface area is 199 Å². The Kier molecular flexibility index (Phi) is 27.3. The molecule has 0 aromatic heterocycles. The number of unbranched alkanes of at least 4 members (excludes halogenated alkanes) is 19. The van der Waals surface area contributed by atoms with Gasteiger partial charge in [0, 0.05) is 0 Å². The average Bonchev–Trinajstić information content (AvgIpc) is 2.62. The third-order valence-corrected chi connectivity index (χ3v) is 5.78. The second-order valence-corrected chi connectivity index (χ2v) is 9.28. The summed E-state index contributed by atoms with van der Waals surface area (Å²) in [4.78, 5) is 17.1. The van der Waals surface area contributed by atoms with Crippen molar-refractivity contribution in [2.45, 2.75) is 135 Å². The topological polar surface area (TPSA) is 66.8 Å². The van der Waals surface area contributed by atoms with Crippen LogP contribution in [-0.2, 0) is 9.09 Å². The van der Waals surface area contributed by atoms with Gasteiger partial charge in [-0.1, -0.05) is 129 Å². The van der Waals surface area contributed by atoms with E-state index in [2.05, 4.69) is 11.4 Å². The van der Waals surface area contributed by atoms with Gasteiger partial charge in [-0.05, 0) is 6.42 Å². The monoisotopic (exact) mass is 430 g/mol. The normalized spacial score (nSPS) is 11.5. The van der Waals surface area contributed by atoms with Crippen LogP contribution >= 0.6 is 7.82 Å². The van der Waals surface area contributed by atoms with Gasteiger partial charge in [-0.15, -0.1) is 0 Å². The van der Waals surface area contributed by atoms with E-state index in [9.17, 15) is 4.57 Å². The summed E-state index contributed by atoms with van der Waals surface area (Å²) in [6.45, 7) is 2.45. The number of hydrogen-bond donors (Lipinski definition) is 2.